The average Bonchev–Trinajstić information content (AvgIpc) is 3.06. The quantitative estimate of drug-likeness (QED) is 0.0288. The maximum atomic E-state index is 12.6. The van der Waals surface area contributed by atoms with Gasteiger partial charge < -0.3 is 33.4 Å². The van der Waals surface area contributed by atoms with E-state index in [-0.39, 0.29) is 30.6 Å². The number of hydrogen-bond donors (Lipinski definition) is 1. The Morgan fingerprint density at radius 1 is 0.540 bits per heavy atom. The van der Waals surface area contributed by atoms with Crippen molar-refractivity contribution < 1.29 is 43.0 Å². The number of quaternary nitrogens is 1. The normalized spacial score (nSPS) is 12.8. The summed E-state index contributed by atoms with van der Waals surface area (Å²) in [5, 5.41) is 0. The van der Waals surface area contributed by atoms with Gasteiger partial charge in [0.25, 0.3) is 0 Å². The van der Waals surface area contributed by atoms with E-state index in [1.54, 1.807) is 0 Å². The highest BCUT2D eigenvalue weighted by molar-refractivity contribution is 7.40. The maximum absolute atomic E-state index is 12.6. The molecular weight excluding hydrogens is 653 g/mol. The van der Waals surface area contributed by atoms with Gasteiger partial charge in [-0.25, -0.2) is 0 Å². The van der Waals surface area contributed by atoms with Crippen LogP contribution in [0.15, 0.2) is 0 Å². The third-order valence-electron chi connectivity index (χ3n) is 9.03. The molecule has 0 spiro atoms. The Morgan fingerprint density at radius 2 is 0.900 bits per heavy atom. The summed E-state index contributed by atoms with van der Waals surface area (Å²) < 4.78 is 22.7. The minimum Gasteiger partial charge on any atom is -0.870 e. The van der Waals surface area contributed by atoms with E-state index in [2.05, 4.69) is 13.8 Å². The van der Waals surface area contributed by atoms with Crippen LogP contribution in [-0.2, 0) is 28.1 Å². The van der Waals surface area contributed by atoms with Crippen LogP contribution in [-0.4, -0.2) is 80.4 Å². The van der Waals surface area contributed by atoms with Crippen molar-refractivity contribution >= 4 is 20.5 Å². The number of esters is 2. The predicted molar refractivity (Wildman–Crippen MR) is 207 cm³/mol. The van der Waals surface area contributed by atoms with Gasteiger partial charge in [0.1, 0.15) is 19.8 Å². The number of nitrogens with zero attached hydrogens (tertiary/aromatic N) is 1. The number of ether oxygens (including phenoxy) is 2. The van der Waals surface area contributed by atoms with Crippen LogP contribution in [0.2, 0.25) is 0 Å². The van der Waals surface area contributed by atoms with Crippen LogP contribution in [0, 0.1) is 0 Å². The first-order valence-corrected chi connectivity index (χ1v) is 21.7. The highest BCUT2D eigenvalue weighted by Crippen LogP contribution is 2.33. The highest BCUT2D eigenvalue weighted by atomic mass is 31.2. The zero-order chi connectivity index (χ0) is 36.3. The predicted octanol–water partition coefficient (Wildman–Crippen LogP) is 11.2. The van der Waals surface area contributed by atoms with Crippen LogP contribution in [0.5, 0.6) is 0 Å². The molecule has 0 fully saturated rings. The van der Waals surface area contributed by atoms with Crippen molar-refractivity contribution in [2.75, 3.05) is 47.5 Å². The molecule has 2 atom stereocenters. The number of hydrogen-bond acceptors (Lipinski definition) is 8. The van der Waals surface area contributed by atoms with E-state index >= 15 is 0 Å². The number of carbonyl (C=O) groups is 2. The standard InChI is InChI=1S/C40H81NO7P.H2O/c1-6-8-10-12-14-16-18-20-22-24-26-28-30-32-39(42)45-36-38(37-47-49(44)46-35-34-41(3,4)5)48-40(43)33-31-29-27-25-23-21-19-17-15-13-11-9-7-2;/h38,44H,6-37H2,1-5H3;1H2/q+1;/p-1/t38-,49?;/m1./s1. The summed E-state index contributed by atoms with van der Waals surface area (Å²) >= 11 is 0. The second-order valence-electron chi connectivity index (χ2n) is 15.2. The Balaban J connectivity index is 0. The van der Waals surface area contributed by atoms with Crippen LogP contribution in [0.25, 0.3) is 0 Å². The fourth-order valence-electron chi connectivity index (χ4n) is 5.77. The molecule has 0 amide bonds. The SMILES string of the molecule is CCCCCCCCCCCCCCCC(=O)OC[C@H](COP(O)OCC[N+](C)(C)C)OC(=O)CCCCCCCCCCCCCCC.[OH-]. The molecule has 50 heavy (non-hydrogen) atoms. The van der Waals surface area contributed by atoms with Crippen LogP contribution >= 0.6 is 8.60 Å². The number of unbranched alkanes of at least 4 members (excludes halogenated alkanes) is 24. The largest absolute Gasteiger partial charge is 0.870 e. The second kappa shape index (κ2) is 37.9. The lowest BCUT2D eigenvalue weighted by Gasteiger charge is -2.24. The molecule has 0 saturated carbocycles. The molecular formula is C40H82NO8P. The van der Waals surface area contributed by atoms with Crippen LogP contribution in [0.1, 0.15) is 194 Å². The van der Waals surface area contributed by atoms with Gasteiger partial charge in [-0.05, 0) is 12.8 Å². The van der Waals surface area contributed by atoms with E-state index < -0.39 is 14.7 Å². The smallest absolute Gasteiger partial charge is 0.330 e. The van der Waals surface area contributed by atoms with Gasteiger partial charge >= 0.3 is 20.5 Å². The molecule has 0 rings (SSSR count). The van der Waals surface area contributed by atoms with Gasteiger partial charge in [-0.1, -0.05) is 168 Å². The van der Waals surface area contributed by atoms with E-state index in [9.17, 15) is 14.5 Å². The first-order chi connectivity index (χ1) is 23.7. The van der Waals surface area contributed by atoms with Gasteiger partial charge in [0.15, 0.2) is 6.10 Å². The van der Waals surface area contributed by atoms with E-state index in [0.717, 1.165) is 45.1 Å². The molecule has 300 valence electrons. The maximum Gasteiger partial charge on any atom is 0.330 e. The lowest BCUT2D eigenvalue weighted by Crippen LogP contribution is -2.37. The summed E-state index contributed by atoms with van der Waals surface area (Å²) in [6.45, 7) is 5.43. The molecule has 0 bridgehead atoms. The second-order valence-corrected chi connectivity index (χ2v) is 16.2. The molecule has 10 heteroatoms. The lowest BCUT2D eigenvalue weighted by atomic mass is 10.0. The van der Waals surface area contributed by atoms with Crippen molar-refractivity contribution in [2.45, 2.75) is 200 Å². The molecule has 1 unspecified atom stereocenters. The monoisotopic (exact) mass is 736 g/mol. The third-order valence-corrected chi connectivity index (χ3v) is 9.81. The number of rotatable bonds is 38. The number of likely N-dealkylation sites (N-methyl/N-ethyl adjacent to an activating group) is 1. The molecule has 0 heterocycles. The van der Waals surface area contributed by atoms with Crippen LogP contribution in [0.4, 0.5) is 0 Å². The Hall–Kier alpha value is -0.830. The molecule has 0 aliphatic carbocycles. The summed E-state index contributed by atoms with van der Waals surface area (Å²) in [4.78, 5) is 35.3. The fourth-order valence-corrected chi connectivity index (χ4v) is 6.38. The van der Waals surface area contributed by atoms with Gasteiger partial charge in [0, 0.05) is 12.8 Å². The molecule has 0 aromatic carbocycles. The van der Waals surface area contributed by atoms with Gasteiger partial charge in [0.05, 0.1) is 27.7 Å². The van der Waals surface area contributed by atoms with E-state index in [0.29, 0.717) is 23.9 Å². The summed E-state index contributed by atoms with van der Waals surface area (Å²) in [6, 6.07) is 0. The molecule has 0 aromatic heterocycles. The minimum atomic E-state index is -2.11. The van der Waals surface area contributed by atoms with Crippen molar-refractivity contribution in [3.8, 4) is 0 Å². The summed E-state index contributed by atoms with van der Waals surface area (Å²) in [6.07, 6.45) is 32.4. The van der Waals surface area contributed by atoms with Gasteiger partial charge in [-0.3, -0.25) is 9.59 Å². The van der Waals surface area contributed by atoms with Crippen molar-refractivity contribution in [1.29, 1.82) is 0 Å². The van der Waals surface area contributed by atoms with Crippen molar-refractivity contribution in [2.24, 2.45) is 0 Å². The Labute approximate surface area is 310 Å². The van der Waals surface area contributed by atoms with Crippen molar-refractivity contribution in [1.82, 2.24) is 0 Å². The summed E-state index contributed by atoms with van der Waals surface area (Å²) in [7, 11) is 4.02. The van der Waals surface area contributed by atoms with Crippen LogP contribution in [0.3, 0.4) is 0 Å². The number of carbonyl (C=O) groups excluding carboxylic acids is 2. The van der Waals surface area contributed by atoms with E-state index in [1.165, 1.54) is 128 Å². The summed E-state index contributed by atoms with van der Waals surface area (Å²) in [5.74, 6) is -0.608. The van der Waals surface area contributed by atoms with Crippen LogP contribution < -0.4 is 0 Å². The van der Waals surface area contributed by atoms with Gasteiger partial charge in [-0.15, -0.1) is 0 Å². The highest BCUT2D eigenvalue weighted by Gasteiger charge is 2.21. The first-order valence-electron chi connectivity index (χ1n) is 20.6. The Kier molecular flexibility index (Phi) is 38.9. The summed E-state index contributed by atoms with van der Waals surface area (Å²) in [5.41, 5.74) is 0. The molecule has 2 N–H and O–H groups in total. The molecule has 0 radical (unpaired) electrons. The average molecular weight is 736 g/mol. The van der Waals surface area contributed by atoms with Gasteiger partial charge in [-0.2, -0.15) is 0 Å². The molecule has 0 aliphatic heterocycles. The first kappa shape index (κ1) is 51.3. The zero-order valence-corrected chi connectivity index (χ0v) is 34.3. The van der Waals surface area contributed by atoms with E-state index in [1.807, 2.05) is 21.1 Å². The van der Waals surface area contributed by atoms with Crippen molar-refractivity contribution in [3.05, 3.63) is 0 Å². The lowest BCUT2D eigenvalue weighted by molar-refractivity contribution is -0.870. The Morgan fingerprint density at radius 3 is 1.28 bits per heavy atom. The zero-order valence-electron chi connectivity index (χ0n) is 33.4. The Bertz CT molecular complexity index is 737. The molecule has 9 nitrogen and oxygen atoms in total. The van der Waals surface area contributed by atoms with E-state index in [4.69, 9.17) is 18.5 Å². The molecule has 0 saturated heterocycles. The molecule has 0 aromatic rings. The molecule has 0 aliphatic rings. The topological polar surface area (TPSA) is 121 Å². The van der Waals surface area contributed by atoms with Crippen molar-refractivity contribution in [3.63, 3.8) is 0 Å². The van der Waals surface area contributed by atoms with Gasteiger partial charge in [0.2, 0.25) is 0 Å². The fraction of sp³-hybridized carbons (Fsp3) is 0.950. The minimum absolute atomic E-state index is 0. The third kappa shape index (κ3) is 39.9.